The van der Waals surface area contributed by atoms with Crippen LogP contribution in [0, 0.1) is 6.92 Å². The number of carbonyl (C=O) groups excluding carboxylic acids is 1. The maximum absolute atomic E-state index is 12.5. The topological polar surface area (TPSA) is 73.1 Å². The van der Waals surface area contributed by atoms with Gasteiger partial charge in [-0.2, -0.15) is 0 Å². The van der Waals surface area contributed by atoms with E-state index in [1.165, 1.54) is 0 Å². The van der Waals surface area contributed by atoms with Gasteiger partial charge in [-0.1, -0.05) is 24.3 Å². The molecule has 1 saturated heterocycles. The number of hydrogen-bond donors (Lipinski definition) is 3. The van der Waals surface area contributed by atoms with E-state index in [0.29, 0.717) is 18.1 Å². The Kier molecular flexibility index (Phi) is 5.57. The lowest BCUT2D eigenvalue weighted by atomic mass is 10.0. The highest BCUT2D eigenvalue weighted by atomic mass is 32.1. The van der Waals surface area contributed by atoms with Gasteiger partial charge in [0.05, 0.1) is 17.8 Å². The second kappa shape index (κ2) is 8.45. The van der Waals surface area contributed by atoms with Gasteiger partial charge < -0.3 is 20.5 Å². The van der Waals surface area contributed by atoms with E-state index in [1.807, 2.05) is 61.5 Å². The largest absolute Gasteiger partial charge is 0.361 e. The number of benzene rings is 1. The fraction of sp³-hybridized carbons (Fsp3) is 0.227. The molecule has 6 nitrogen and oxygen atoms in total. The Balaban J connectivity index is 1.52. The predicted octanol–water partition coefficient (Wildman–Crippen LogP) is 3.72. The summed E-state index contributed by atoms with van der Waals surface area (Å²) >= 11 is 5.62. The highest BCUT2D eigenvalue weighted by Crippen LogP contribution is 2.38. The molecule has 3 aromatic rings. The number of nitrogens with one attached hydrogen (secondary N) is 3. The van der Waals surface area contributed by atoms with Crippen LogP contribution < -0.4 is 10.6 Å². The highest BCUT2D eigenvalue weighted by molar-refractivity contribution is 7.80. The van der Waals surface area contributed by atoms with Crippen molar-refractivity contribution in [3.63, 3.8) is 0 Å². The molecule has 7 heteroatoms. The molecule has 0 spiro atoms. The van der Waals surface area contributed by atoms with Gasteiger partial charge in [0.15, 0.2) is 5.11 Å². The van der Waals surface area contributed by atoms with Gasteiger partial charge in [0, 0.05) is 36.2 Å². The van der Waals surface area contributed by atoms with E-state index >= 15 is 0 Å². The first-order chi connectivity index (χ1) is 14.1. The molecule has 1 aromatic carbocycles. The van der Waals surface area contributed by atoms with Crippen LogP contribution >= 0.6 is 12.2 Å². The predicted molar refractivity (Wildman–Crippen MR) is 117 cm³/mol. The summed E-state index contributed by atoms with van der Waals surface area (Å²) in [7, 11) is 0. The minimum Gasteiger partial charge on any atom is -0.361 e. The van der Waals surface area contributed by atoms with Crippen molar-refractivity contribution in [1.29, 1.82) is 0 Å². The number of thiocarbonyl (C=S) groups is 1. The van der Waals surface area contributed by atoms with Crippen molar-refractivity contribution in [2.75, 3.05) is 11.9 Å². The Morgan fingerprint density at radius 3 is 2.62 bits per heavy atom. The zero-order chi connectivity index (χ0) is 20.2. The number of nitrogens with zero attached hydrogens (tertiary/aromatic N) is 2. The lowest BCUT2D eigenvalue weighted by molar-refractivity contribution is -0.116. The number of H-pyrrole nitrogens is 1. The van der Waals surface area contributed by atoms with Gasteiger partial charge in [0.25, 0.3) is 0 Å². The molecule has 1 aliphatic heterocycles. The second-order valence-corrected chi connectivity index (χ2v) is 7.47. The molecule has 0 saturated carbocycles. The minimum absolute atomic E-state index is 0.0401. The van der Waals surface area contributed by atoms with E-state index in [0.717, 1.165) is 22.8 Å². The molecule has 29 heavy (non-hydrogen) atoms. The van der Waals surface area contributed by atoms with Crippen molar-refractivity contribution in [2.24, 2.45) is 0 Å². The molecule has 1 aliphatic rings. The van der Waals surface area contributed by atoms with Crippen LogP contribution in [0.3, 0.4) is 0 Å². The Morgan fingerprint density at radius 2 is 1.93 bits per heavy atom. The first kappa shape index (κ1) is 19.1. The number of aryl methyl sites for hydroxylation is 1. The van der Waals surface area contributed by atoms with Crippen molar-refractivity contribution in [3.05, 3.63) is 83.9 Å². The molecule has 148 valence electrons. The van der Waals surface area contributed by atoms with Gasteiger partial charge in [0.1, 0.15) is 0 Å². The third-order valence-electron chi connectivity index (χ3n) is 5.01. The third-order valence-corrected chi connectivity index (χ3v) is 5.36. The lowest BCUT2D eigenvalue weighted by Crippen LogP contribution is -2.32. The normalized spacial score (nSPS) is 18.5. The first-order valence-corrected chi connectivity index (χ1v) is 10.0. The Bertz CT molecular complexity index is 989. The zero-order valence-electron chi connectivity index (χ0n) is 16.1. The molecule has 4 rings (SSSR count). The maximum Gasteiger partial charge on any atom is 0.226 e. The van der Waals surface area contributed by atoms with Crippen LogP contribution in [0.1, 0.15) is 35.6 Å². The molecule has 1 fully saturated rings. The number of rotatable bonds is 6. The van der Waals surface area contributed by atoms with E-state index in [9.17, 15) is 4.79 Å². The summed E-state index contributed by atoms with van der Waals surface area (Å²) in [6.45, 7) is 2.54. The monoisotopic (exact) mass is 405 g/mol. The van der Waals surface area contributed by atoms with Crippen molar-refractivity contribution in [3.8, 4) is 0 Å². The third kappa shape index (κ3) is 4.30. The van der Waals surface area contributed by atoms with Crippen molar-refractivity contribution in [1.82, 2.24) is 20.2 Å². The zero-order valence-corrected chi connectivity index (χ0v) is 16.9. The van der Waals surface area contributed by atoms with Crippen LogP contribution in [0.15, 0.2) is 66.9 Å². The summed E-state index contributed by atoms with van der Waals surface area (Å²) in [5.74, 6) is -0.0401. The van der Waals surface area contributed by atoms with Crippen LogP contribution in [-0.4, -0.2) is 32.4 Å². The average Bonchev–Trinajstić information content (AvgIpc) is 3.30. The average molecular weight is 406 g/mol. The van der Waals surface area contributed by atoms with Crippen LogP contribution in [0.5, 0.6) is 0 Å². The molecule has 3 N–H and O–H groups in total. The standard InChI is InChI=1S/C22H23N5OS/c1-15-10-11-18(24-15)21-20(17-9-5-6-13-23-17)26-22(29)27(21)14-12-19(28)25-16-7-3-2-4-8-16/h2-11,13,20-21,24H,12,14H2,1H3,(H,25,28)(H,26,29)/t20-,21+/m1/s1. The second-order valence-electron chi connectivity index (χ2n) is 7.08. The highest BCUT2D eigenvalue weighted by Gasteiger charge is 2.40. The number of hydrogen-bond acceptors (Lipinski definition) is 3. The van der Waals surface area contributed by atoms with Gasteiger partial charge >= 0.3 is 0 Å². The molecular formula is C22H23N5OS. The number of para-hydroxylation sites is 1. The number of anilines is 1. The number of carbonyl (C=O) groups is 1. The van der Waals surface area contributed by atoms with Gasteiger partial charge in [-0.15, -0.1) is 0 Å². The van der Waals surface area contributed by atoms with Crippen LogP contribution in [0.4, 0.5) is 5.69 Å². The fourth-order valence-electron chi connectivity index (χ4n) is 3.65. The SMILES string of the molecule is Cc1ccc([C@H]2[C@@H](c3ccccn3)NC(=S)N2CCC(=O)Nc2ccccc2)[nH]1. The summed E-state index contributed by atoms with van der Waals surface area (Å²) in [4.78, 5) is 22.5. The van der Waals surface area contributed by atoms with Gasteiger partial charge in [-0.05, 0) is 55.5 Å². The molecule has 1 amide bonds. The van der Waals surface area contributed by atoms with Gasteiger partial charge in [-0.3, -0.25) is 9.78 Å². The molecule has 2 atom stereocenters. The quantitative estimate of drug-likeness (QED) is 0.545. The summed E-state index contributed by atoms with van der Waals surface area (Å²) in [6, 6.07) is 19.3. The molecule has 0 radical (unpaired) electrons. The smallest absolute Gasteiger partial charge is 0.226 e. The van der Waals surface area contributed by atoms with Crippen molar-refractivity contribution in [2.45, 2.75) is 25.4 Å². The summed E-state index contributed by atoms with van der Waals surface area (Å²) in [5, 5.41) is 6.96. The number of amides is 1. The summed E-state index contributed by atoms with van der Waals surface area (Å²) in [6.07, 6.45) is 2.12. The minimum atomic E-state index is -0.0843. The maximum atomic E-state index is 12.5. The number of pyridine rings is 1. The van der Waals surface area contributed by atoms with Gasteiger partial charge in [-0.25, -0.2) is 0 Å². The molecule has 2 aromatic heterocycles. The van der Waals surface area contributed by atoms with E-state index < -0.39 is 0 Å². The fourth-order valence-corrected chi connectivity index (χ4v) is 3.98. The molecule has 0 bridgehead atoms. The van der Waals surface area contributed by atoms with E-state index in [2.05, 4.69) is 31.6 Å². The molecular weight excluding hydrogens is 382 g/mol. The van der Waals surface area contributed by atoms with E-state index in [-0.39, 0.29) is 18.0 Å². The van der Waals surface area contributed by atoms with Crippen molar-refractivity contribution < 1.29 is 4.79 Å². The Hall–Kier alpha value is -3.19. The van der Waals surface area contributed by atoms with Crippen molar-refractivity contribution >= 4 is 28.9 Å². The van der Waals surface area contributed by atoms with Crippen LogP contribution in [-0.2, 0) is 4.79 Å². The Labute approximate surface area is 175 Å². The number of aromatic amines is 1. The van der Waals surface area contributed by atoms with Gasteiger partial charge in [0.2, 0.25) is 5.91 Å². The van der Waals surface area contributed by atoms with Crippen LogP contribution in [0.25, 0.3) is 0 Å². The molecule has 0 unspecified atom stereocenters. The van der Waals surface area contributed by atoms with E-state index in [1.54, 1.807) is 6.20 Å². The lowest BCUT2D eigenvalue weighted by Gasteiger charge is -2.26. The molecule has 0 aliphatic carbocycles. The number of aromatic nitrogens is 2. The van der Waals surface area contributed by atoms with E-state index in [4.69, 9.17) is 12.2 Å². The molecule has 3 heterocycles. The Morgan fingerprint density at radius 1 is 1.14 bits per heavy atom. The van der Waals surface area contributed by atoms with Crippen LogP contribution in [0.2, 0.25) is 0 Å². The summed E-state index contributed by atoms with van der Waals surface area (Å²) < 4.78 is 0. The first-order valence-electron chi connectivity index (χ1n) is 9.60. The summed E-state index contributed by atoms with van der Waals surface area (Å²) in [5.41, 5.74) is 3.85.